The molecule has 0 spiro atoms. The molecule has 78 valence electrons. The van der Waals surface area contributed by atoms with Gasteiger partial charge in [-0.15, -0.1) is 0 Å². The second-order valence-corrected chi connectivity index (χ2v) is 3.75. The van der Waals surface area contributed by atoms with Crippen molar-refractivity contribution in [3.63, 3.8) is 0 Å². The molecule has 15 heavy (non-hydrogen) atoms. The summed E-state index contributed by atoms with van der Waals surface area (Å²) in [5.41, 5.74) is 0. The first kappa shape index (κ1) is 10.2. The SMILES string of the molecule is Fc1ccc(Br)c(OCc2ncc[nH]2)c1. The molecule has 0 fully saturated rings. The van der Waals surface area contributed by atoms with Crippen molar-refractivity contribution < 1.29 is 9.13 Å². The van der Waals surface area contributed by atoms with Crippen LogP contribution in [0.5, 0.6) is 5.75 Å². The summed E-state index contributed by atoms with van der Waals surface area (Å²) in [5, 5.41) is 0. The van der Waals surface area contributed by atoms with Crippen LogP contribution in [-0.2, 0) is 6.61 Å². The van der Waals surface area contributed by atoms with Gasteiger partial charge in [-0.1, -0.05) is 0 Å². The minimum absolute atomic E-state index is 0.287. The fourth-order valence-corrected chi connectivity index (χ4v) is 1.47. The lowest BCUT2D eigenvalue weighted by atomic mass is 10.3. The molecule has 0 atom stereocenters. The average molecular weight is 271 g/mol. The number of halogens is 2. The van der Waals surface area contributed by atoms with Gasteiger partial charge in [-0.2, -0.15) is 0 Å². The highest BCUT2D eigenvalue weighted by Crippen LogP contribution is 2.25. The number of nitrogens with one attached hydrogen (secondary N) is 1. The quantitative estimate of drug-likeness (QED) is 0.932. The van der Waals surface area contributed by atoms with Gasteiger partial charge >= 0.3 is 0 Å². The molecule has 0 saturated heterocycles. The van der Waals surface area contributed by atoms with E-state index in [1.807, 2.05) is 0 Å². The Hall–Kier alpha value is -1.36. The standard InChI is InChI=1S/C10H8BrFN2O/c11-8-2-1-7(12)5-9(8)15-6-10-13-3-4-14-10/h1-5H,6H2,(H,13,14). The number of aromatic nitrogens is 2. The number of aromatic amines is 1. The Bertz CT molecular complexity index is 445. The third kappa shape index (κ3) is 2.56. The molecule has 0 aliphatic heterocycles. The molecule has 0 saturated carbocycles. The maximum Gasteiger partial charge on any atom is 0.146 e. The van der Waals surface area contributed by atoms with Crippen LogP contribution in [0.25, 0.3) is 0 Å². The molecular formula is C10H8BrFN2O. The molecule has 3 nitrogen and oxygen atoms in total. The largest absolute Gasteiger partial charge is 0.484 e. The van der Waals surface area contributed by atoms with Crippen molar-refractivity contribution in [2.75, 3.05) is 0 Å². The highest BCUT2D eigenvalue weighted by molar-refractivity contribution is 9.10. The molecule has 2 aromatic rings. The van der Waals surface area contributed by atoms with Gasteiger partial charge in [0.05, 0.1) is 4.47 Å². The van der Waals surface area contributed by atoms with E-state index in [2.05, 4.69) is 25.9 Å². The number of hydrogen-bond donors (Lipinski definition) is 1. The van der Waals surface area contributed by atoms with Crippen LogP contribution in [0.4, 0.5) is 4.39 Å². The third-order valence-electron chi connectivity index (χ3n) is 1.81. The van der Waals surface area contributed by atoms with Gasteiger partial charge in [-0.25, -0.2) is 9.37 Å². The Kier molecular flexibility index (Phi) is 3.01. The van der Waals surface area contributed by atoms with E-state index in [-0.39, 0.29) is 12.4 Å². The smallest absolute Gasteiger partial charge is 0.146 e. The first-order valence-corrected chi connectivity index (χ1v) is 5.11. The van der Waals surface area contributed by atoms with E-state index < -0.39 is 0 Å². The third-order valence-corrected chi connectivity index (χ3v) is 2.47. The van der Waals surface area contributed by atoms with E-state index in [0.717, 1.165) is 4.47 Å². The molecule has 1 N–H and O–H groups in total. The molecule has 0 bridgehead atoms. The number of hydrogen-bond acceptors (Lipinski definition) is 2. The van der Waals surface area contributed by atoms with Crippen molar-refractivity contribution in [1.29, 1.82) is 0 Å². The summed E-state index contributed by atoms with van der Waals surface area (Å²) in [4.78, 5) is 6.89. The predicted octanol–water partition coefficient (Wildman–Crippen LogP) is 2.89. The van der Waals surface area contributed by atoms with E-state index in [1.165, 1.54) is 12.1 Å². The highest BCUT2D eigenvalue weighted by Gasteiger charge is 2.03. The molecule has 0 amide bonds. The van der Waals surface area contributed by atoms with Crippen LogP contribution < -0.4 is 4.74 Å². The Labute approximate surface area is 94.4 Å². The molecule has 0 aliphatic carbocycles. The summed E-state index contributed by atoms with van der Waals surface area (Å²) in [6, 6.07) is 4.30. The van der Waals surface area contributed by atoms with E-state index in [4.69, 9.17) is 4.74 Å². The summed E-state index contributed by atoms with van der Waals surface area (Å²) < 4.78 is 19.0. The summed E-state index contributed by atoms with van der Waals surface area (Å²) in [6.07, 6.45) is 3.35. The van der Waals surface area contributed by atoms with Crippen LogP contribution in [0.3, 0.4) is 0 Å². The highest BCUT2D eigenvalue weighted by atomic mass is 79.9. The molecule has 0 aliphatic rings. The van der Waals surface area contributed by atoms with Crippen LogP contribution >= 0.6 is 15.9 Å². The number of rotatable bonds is 3. The second-order valence-electron chi connectivity index (χ2n) is 2.90. The average Bonchev–Trinajstić information content (AvgIpc) is 2.72. The minimum Gasteiger partial charge on any atom is -0.484 e. The van der Waals surface area contributed by atoms with Gasteiger partial charge in [0.25, 0.3) is 0 Å². The Morgan fingerprint density at radius 1 is 1.47 bits per heavy atom. The van der Waals surface area contributed by atoms with E-state index >= 15 is 0 Å². The molecular weight excluding hydrogens is 263 g/mol. The lowest BCUT2D eigenvalue weighted by Gasteiger charge is -2.06. The summed E-state index contributed by atoms with van der Waals surface area (Å²) in [6.45, 7) is 0.287. The van der Waals surface area contributed by atoms with Gasteiger partial charge in [0.1, 0.15) is 24.0 Å². The van der Waals surface area contributed by atoms with Gasteiger partial charge in [0, 0.05) is 18.5 Å². The van der Waals surface area contributed by atoms with Crippen molar-refractivity contribution >= 4 is 15.9 Å². The molecule has 0 radical (unpaired) electrons. The van der Waals surface area contributed by atoms with Gasteiger partial charge in [0.15, 0.2) is 0 Å². The number of nitrogens with zero attached hydrogens (tertiary/aromatic N) is 1. The summed E-state index contributed by atoms with van der Waals surface area (Å²) in [7, 11) is 0. The lowest BCUT2D eigenvalue weighted by molar-refractivity contribution is 0.293. The molecule has 1 heterocycles. The fraction of sp³-hybridized carbons (Fsp3) is 0.100. The molecule has 1 aromatic heterocycles. The number of benzene rings is 1. The zero-order chi connectivity index (χ0) is 10.7. The van der Waals surface area contributed by atoms with Crippen molar-refractivity contribution in [3.05, 3.63) is 46.7 Å². The zero-order valence-electron chi connectivity index (χ0n) is 7.71. The van der Waals surface area contributed by atoms with Crippen LogP contribution in [0, 0.1) is 5.82 Å². The van der Waals surface area contributed by atoms with Crippen molar-refractivity contribution in [3.8, 4) is 5.75 Å². The molecule has 1 aromatic carbocycles. The van der Waals surface area contributed by atoms with Gasteiger partial charge < -0.3 is 9.72 Å². The predicted molar refractivity (Wildman–Crippen MR) is 57.0 cm³/mol. The molecule has 0 unspecified atom stereocenters. The van der Waals surface area contributed by atoms with Gasteiger partial charge in [-0.05, 0) is 28.1 Å². The van der Waals surface area contributed by atoms with E-state index in [0.29, 0.717) is 11.6 Å². The Morgan fingerprint density at radius 3 is 3.07 bits per heavy atom. The molecule has 5 heteroatoms. The number of H-pyrrole nitrogens is 1. The van der Waals surface area contributed by atoms with Crippen LogP contribution in [0.15, 0.2) is 35.1 Å². The van der Waals surface area contributed by atoms with Gasteiger partial charge in [0.2, 0.25) is 0 Å². The summed E-state index contributed by atoms with van der Waals surface area (Å²) in [5.74, 6) is 0.838. The topological polar surface area (TPSA) is 37.9 Å². The molecule has 2 rings (SSSR count). The zero-order valence-corrected chi connectivity index (χ0v) is 9.29. The van der Waals surface area contributed by atoms with Gasteiger partial charge in [-0.3, -0.25) is 0 Å². The van der Waals surface area contributed by atoms with Crippen LogP contribution in [0.2, 0.25) is 0 Å². The number of imidazole rings is 1. The minimum atomic E-state index is -0.326. The summed E-state index contributed by atoms with van der Waals surface area (Å²) >= 11 is 3.27. The van der Waals surface area contributed by atoms with Crippen molar-refractivity contribution in [2.45, 2.75) is 6.61 Å². The van der Waals surface area contributed by atoms with Crippen LogP contribution in [-0.4, -0.2) is 9.97 Å². The van der Waals surface area contributed by atoms with E-state index in [9.17, 15) is 4.39 Å². The number of ether oxygens (including phenoxy) is 1. The maximum atomic E-state index is 12.9. The lowest BCUT2D eigenvalue weighted by Crippen LogP contribution is -1.98. The van der Waals surface area contributed by atoms with Crippen molar-refractivity contribution in [2.24, 2.45) is 0 Å². The monoisotopic (exact) mass is 270 g/mol. The first-order chi connectivity index (χ1) is 7.25. The Morgan fingerprint density at radius 2 is 2.33 bits per heavy atom. The first-order valence-electron chi connectivity index (χ1n) is 4.32. The Balaban J connectivity index is 2.07. The normalized spacial score (nSPS) is 10.3. The maximum absolute atomic E-state index is 12.9. The van der Waals surface area contributed by atoms with Crippen LogP contribution in [0.1, 0.15) is 5.82 Å². The van der Waals surface area contributed by atoms with Crippen molar-refractivity contribution in [1.82, 2.24) is 9.97 Å². The van der Waals surface area contributed by atoms with E-state index in [1.54, 1.807) is 18.5 Å². The fourth-order valence-electron chi connectivity index (χ4n) is 1.11. The second kappa shape index (κ2) is 4.44.